The Bertz CT molecular complexity index is 1100. The number of pyridine rings is 1. The highest BCUT2D eigenvalue weighted by Crippen LogP contribution is 2.24. The summed E-state index contributed by atoms with van der Waals surface area (Å²) in [6, 6.07) is 5.81. The number of aromatic nitrogens is 5. The highest BCUT2D eigenvalue weighted by Gasteiger charge is 2.17. The maximum Gasteiger partial charge on any atom is 0.229 e. The molecule has 10 nitrogen and oxygen atoms in total. The third-order valence-electron chi connectivity index (χ3n) is 4.92. The number of hydrogen-bond acceptors (Lipinski definition) is 9. The average Bonchev–Trinajstić information content (AvgIpc) is 3.47. The fraction of sp³-hybridized carbons (Fsp3) is 0.333. The van der Waals surface area contributed by atoms with Crippen molar-refractivity contribution in [3.63, 3.8) is 0 Å². The van der Waals surface area contributed by atoms with E-state index in [0.29, 0.717) is 49.1 Å². The molecular formula is C21H25N7O3. The van der Waals surface area contributed by atoms with Crippen LogP contribution in [0.1, 0.15) is 12.5 Å². The minimum atomic E-state index is -0.0636. The lowest BCUT2D eigenvalue weighted by Gasteiger charge is -2.21. The molecule has 10 heteroatoms. The van der Waals surface area contributed by atoms with Gasteiger partial charge >= 0.3 is 0 Å². The van der Waals surface area contributed by atoms with Crippen LogP contribution in [0.5, 0.6) is 0 Å². The third kappa shape index (κ3) is 4.49. The van der Waals surface area contributed by atoms with E-state index in [4.69, 9.17) is 4.42 Å². The van der Waals surface area contributed by atoms with E-state index in [1.807, 2.05) is 35.9 Å². The molecule has 0 amide bonds. The summed E-state index contributed by atoms with van der Waals surface area (Å²) in [5, 5.41) is 22.1. The van der Waals surface area contributed by atoms with E-state index in [-0.39, 0.29) is 13.2 Å². The minimum Gasteiger partial charge on any atom is -0.472 e. The Balaban J connectivity index is 1.60. The SMILES string of the molecule is CCn1cnc2c(NCc3ccc(-c4ccoc4)nc3)nc(N(CCO)CCO)nc21. The molecule has 0 atom stereocenters. The van der Waals surface area contributed by atoms with Gasteiger partial charge in [0.05, 0.1) is 37.8 Å². The lowest BCUT2D eigenvalue weighted by atomic mass is 10.2. The van der Waals surface area contributed by atoms with E-state index in [9.17, 15) is 10.2 Å². The van der Waals surface area contributed by atoms with Crippen LogP contribution in [-0.2, 0) is 13.1 Å². The Morgan fingerprint density at radius 1 is 1.10 bits per heavy atom. The molecule has 0 aromatic carbocycles. The second-order valence-corrected chi connectivity index (χ2v) is 6.93. The zero-order valence-electron chi connectivity index (χ0n) is 17.3. The number of fused-ring (bicyclic) bond motifs is 1. The van der Waals surface area contributed by atoms with Crippen LogP contribution in [0.2, 0.25) is 0 Å². The largest absolute Gasteiger partial charge is 0.472 e. The van der Waals surface area contributed by atoms with Gasteiger partial charge in [0.15, 0.2) is 17.0 Å². The Labute approximate surface area is 179 Å². The molecule has 4 rings (SSSR count). The monoisotopic (exact) mass is 423 g/mol. The molecule has 0 aliphatic heterocycles. The van der Waals surface area contributed by atoms with Gasteiger partial charge < -0.3 is 29.4 Å². The molecule has 4 heterocycles. The fourth-order valence-corrected chi connectivity index (χ4v) is 3.28. The van der Waals surface area contributed by atoms with E-state index >= 15 is 0 Å². The van der Waals surface area contributed by atoms with Gasteiger partial charge in [0.25, 0.3) is 0 Å². The first-order valence-corrected chi connectivity index (χ1v) is 10.1. The van der Waals surface area contributed by atoms with Crippen LogP contribution in [0.4, 0.5) is 11.8 Å². The van der Waals surface area contributed by atoms with E-state index in [1.165, 1.54) is 0 Å². The maximum absolute atomic E-state index is 9.39. The van der Waals surface area contributed by atoms with Gasteiger partial charge in [0, 0.05) is 37.9 Å². The molecule has 31 heavy (non-hydrogen) atoms. The van der Waals surface area contributed by atoms with Crippen LogP contribution >= 0.6 is 0 Å². The number of nitrogens with zero attached hydrogens (tertiary/aromatic N) is 6. The number of anilines is 2. The fourth-order valence-electron chi connectivity index (χ4n) is 3.28. The summed E-state index contributed by atoms with van der Waals surface area (Å²) in [7, 11) is 0. The average molecular weight is 423 g/mol. The van der Waals surface area contributed by atoms with Gasteiger partial charge in [0.2, 0.25) is 5.95 Å². The molecule has 4 aromatic heterocycles. The van der Waals surface area contributed by atoms with Gasteiger partial charge in [-0.1, -0.05) is 6.07 Å². The van der Waals surface area contributed by atoms with E-state index < -0.39 is 0 Å². The van der Waals surface area contributed by atoms with Crippen molar-refractivity contribution in [2.24, 2.45) is 0 Å². The second-order valence-electron chi connectivity index (χ2n) is 6.93. The molecule has 0 fully saturated rings. The van der Waals surface area contributed by atoms with Crippen molar-refractivity contribution >= 4 is 22.9 Å². The topological polar surface area (TPSA) is 125 Å². The van der Waals surface area contributed by atoms with Gasteiger partial charge in [-0.05, 0) is 24.6 Å². The first kappa shape index (κ1) is 20.8. The van der Waals surface area contributed by atoms with Gasteiger partial charge in [-0.25, -0.2) is 4.98 Å². The van der Waals surface area contributed by atoms with E-state index in [0.717, 1.165) is 16.8 Å². The normalized spacial score (nSPS) is 11.2. The molecule has 0 aliphatic carbocycles. The number of aliphatic hydroxyl groups is 2. The van der Waals surface area contributed by atoms with Crippen LogP contribution in [0.25, 0.3) is 22.4 Å². The molecule has 4 aromatic rings. The number of hydrogen-bond donors (Lipinski definition) is 3. The molecule has 162 valence electrons. The van der Waals surface area contributed by atoms with Gasteiger partial charge in [-0.3, -0.25) is 4.98 Å². The van der Waals surface area contributed by atoms with Crippen LogP contribution in [0.15, 0.2) is 47.7 Å². The van der Waals surface area contributed by atoms with Crippen LogP contribution in [-0.4, -0.2) is 61.0 Å². The van der Waals surface area contributed by atoms with Crippen molar-refractivity contribution in [3.05, 3.63) is 48.8 Å². The van der Waals surface area contributed by atoms with Crippen molar-refractivity contribution in [2.45, 2.75) is 20.0 Å². The number of aliphatic hydroxyl groups excluding tert-OH is 2. The zero-order valence-corrected chi connectivity index (χ0v) is 17.3. The second kappa shape index (κ2) is 9.54. The molecule has 0 bridgehead atoms. The minimum absolute atomic E-state index is 0.0636. The van der Waals surface area contributed by atoms with E-state index in [2.05, 4.69) is 25.3 Å². The molecule has 0 unspecified atom stereocenters. The first-order chi connectivity index (χ1) is 15.2. The van der Waals surface area contributed by atoms with Gasteiger partial charge in [-0.2, -0.15) is 9.97 Å². The highest BCUT2D eigenvalue weighted by molar-refractivity contribution is 5.84. The number of aryl methyl sites for hydroxylation is 1. The van der Waals surface area contributed by atoms with Gasteiger partial charge in [-0.15, -0.1) is 0 Å². The first-order valence-electron chi connectivity index (χ1n) is 10.1. The Kier molecular flexibility index (Phi) is 6.39. The summed E-state index contributed by atoms with van der Waals surface area (Å²) in [6.07, 6.45) is 6.83. The van der Waals surface area contributed by atoms with Crippen molar-refractivity contribution < 1.29 is 14.6 Å². The zero-order chi connectivity index (χ0) is 21.6. The van der Waals surface area contributed by atoms with Crippen molar-refractivity contribution in [1.82, 2.24) is 24.5 Å². The maximum atomic E-state index is 9.39. The van der Waals surface area contributed by atoms with Crippen LogP contribution in [0, 0.1) is 0 Å². The molecule has 0 aliphatic rings. The van der Waals surface area contributed by atoms with Crippen molar-refractivity contribution in [3.8, 4) is 11.3 Å². The summed E-state index contributed by atoms with van der Waals surface area (Å²) < 4.78 is 7.04. The summed E-state index contributed by atoms with van der Waals surface area (Å²) in [5.41, 5.74) is 4.12. The Morgan fingerprint density at radius 3 is 2.58 bits per heavy atom. The third-order valence-corrected chi connectivity index (χ3v) is 4.92. The Hall–Kier alpha value is -3.50. The predicted molar refractivity (Wildman–Crippen MR) is 117 cm³/mol. The molecule has 0 radical (unpaired) electrons. The molecule has 0 spiro atoms. The number of furan rings is 1. The predicted octanol–water partition coefficient (Wildman–Crippen LogP) is 1.90. The summed E-state index contributed by atoms with van der Waals surface area (Å²) in [6.45, 7) is 3.76. The summed E-state index contributed by atoms with van der Waals surface area (Å²) >= 11 is 0. The Morgan fingerprint density at radius 2 is 1.94 bits per heavy atom. The standard InChI is InChI=1S/C21H25N7O3/c1-2-27-14-24-18-19(25-21(26-20(18)27)28(6-8-29)7-9-30)23-12-15-3-4-17(22-11-15)16-5-10-31-13-16/h3-5,10-11,13-14,29-30H,2,6-9,12H2,1H3,(H,23,25,26). The lowest BCUT2D eigenvalue weighted by Crippen LogP contribution is -2.31. The number of imidazole rings is 1. The van der Waals surface area contributed by atoms with E-state index in [1.54, 1.807) is 23.8 Å². The van der Waals surface area contributed by atoms with Gasteiger partial charge in [0.1, 0.15) is 0 Å². The lowest BCUT2D eigenvalue weighted by molar-refractivity contribution is 0.280. The van der Waals surface area contributed by atoms with Crippen molar-refractivity contribution in [1.29, 1.82) is 0 Å². The number of nitrogens with one attached hydrogen (secondary N) is 1. The van der Waals surface area contributed by atoms with Crippen LogP contribution in [0.3, 0.4) is 0 Å². The highest BCUT2D eigenvalue weighted by atomic mass is 16.3. The quantitative estimate of drug-likeness (QED) is 0.351. The summed E-state index contributed by atoms with van der Waals surface area (Å²) in [5.74, 6) is 1.02. The summed E-state index contributed by atoms with van der Waals surface area (Å²) in [4.78, 5) is 20.0. The molecule has 3 N–H and O–H groups in total. The number of rotatable bonds is 10. The van der Waals surface area contributed by atoms with Crippen molar-refractivity contribution in [2.75, 3.05) is 36.5 Å². The van der Waals surface area contributed by atoms with Crippen LogP contribution < -0.4 is 10.2 Å². The molecule has 0 saturated heterocycles. The smallest absolute Gasteiger partial charge is 0.229 e. The molecular weight excluding hydrogens is 398 g/mol. The molecule has 0 saturated carbocycles.